The average molecular weight is 738 g/mol. The third kappa shape index (κ3) is 7.07. The van der Waals surface area contributed by atoms with Gasteiger partial charge in [-0.1, -0.05) is 0 Å². The zero-order valence-electron chi connectivity index (χ0n) is 30.5. The van der Waals surface area contributed by atoms with E-state index in [0.29, 0.717) is 40.7 Å². The molecule has 0 unspecified atom stereocenters. The Hall–Kier alpha value is -5.57. The van der Waals surface area contributed by atoms with Crippen LogP contribution in [0.1, 0.15) is 72.2 Å². The number of amides is 5. The lowest BCUT2D eigenvalue weighted by atomic mass is 9.94. The number of fused-ring (bicyclic) bond motifs is 2. The first-order valence-electron chi connectivity index (χ1n) is 18.7. The molecule has 0 saturated carbocycles. The molecule has 3 saturated heterocycles. The van der Waals surface area contributed by atoms with Gasteiger partial charge in [0.25, 0.3) is 11.8 Å². The molecule has 8 rings (SSSR count). The fourth-order valence-corrected chi connectivity index (χ4v) is 8.14. The summed E-state index contributed by atoms with van der Waals surface area (Å²) in [6, 6.07) is 9.85. The van der Waals surface area contributed by atoms with E-state index in [4.69, 9.17) is 4.74 Å². The highest BCUT2D eigenvalue weighted by Crippen LogP contribution is 2.37. The molecule has 54 heavy (non-hydrogen) atoms. The maximum Gasteiger partial charge on any atom is 0.328 e. The third-order valence-corrected chi connectivity index (χ3v) is 10.9. The highest BCUT2D eigenvalue weighted by Gasteiger charge is 2.36. The normalized spacial score (nSPS) is 18.8. The minimum Gasteiger partial charge on any atom is -0.489 e. The Morgan fingerprint density at radius 3 is 2.57 bits per heavy atom. The molecular formula is C39H44FN9O5. The zero-order valence-corrected chi connectivity index (χ0v) is 30.5. The van der Waals surface area contributed by atoms with Gasteiger partial charge < -0.3 is 24.8 Å². The number of halogens is 1. The number of ether oxygens (including phenoxy) is 1. The van der Waals surface area contributed by atoms with Crippen molar-refractivity contribution in [3.8, 4) is 5.75 Å². The monoisotopic (exact) mass is 737 g/mol. The van der Waals surface area contributed by atoms with Crippen LogP contribution >= 0.6 is 0 Å². The van der Waals surface area contributed by atoms with E-state index in [1.54, 1.807) is 35.1 Å². The van der Waals surface area contributed by atoms with Crippen LogP contribution in [0.2, 0.25) is 0 Å². The maximum atomic E-state index is 15.1. The van der Waals surface area contributed by atoms with E-state index >= 15 is 4.39 Å². The number of carbonyl (C=O) groups excluding carboxylic acids is 4. The number of nitrogens with one attached hydrogen (secondary N) is 2. The number of likely N-dealkylation sites (tertiary alicyclic amines) is 1. The smallest absolute Gasteiger partial charge is 0.328 e. The summed E-state index contributed by atoms with van der Waals surface area (Å²) in [7, 11) is 0. The number of benzene rings is 2. The predicted molar refractivity (Wildman–Crippen MR) is 199 cm³/mol. The standard InChI is InChI=1S/C39H44FN9O5/c1-24(2)54-34-20-29-26(18-32(34)43-37(51)30-21-42-49-12-3-11-41-36(30)49)23-48(38(29)52)27-8-13-45(14-9-27)22-25-6-15-46(16-7-25)28-4-5-33(31(40)19-28)47-17-10-35(50)44-39(47)53/h3-5,11-12,18-21,24-25,27H,6-10,13-17,22-23H2,1-2H3,(H,43,51)(H,44,50,53). The second-order valence-corrected chi connectivity index (χ2v) is 14.9. The lowest BCUT2D eigenvalue weighted by Gasteiger charge is -2.40. The number of piperidine rings is 2. The minimum absolute atomic E-state index is 0.00658. The van der Waals surface area contributed by atoms with Crippen LogP contribution < -0.4 is 25.2 Å². The van der Waals surface area contributed by atoms with Gasteiger partial charge in [-0.05, 0) is 87.4 Å². The van der Waals surface area contributed by atoms with Gasteiger partial charge >= 0.3 is 6.03 Å². The molecule has 282 valence electrons. The number of anilines is 3. The SMILES string of the molecule is CC(C)Oc1cc2c(cc1NC(=O)c1cnn3cccnc13)CN(C1CCN(CC3CCN(c4ccc(N5CCC(=O)NC5=O)c(F)c4)CC3)CC1)C2=O. The van der Waals surface area contributed by atoms with Crippen LogP contribution in [0.5, 0.6) is 5.75 Å². The summed E-state index contributed by atoms with van der Waals surface area (Å²) in [4.78, 5) is 63.1. The first kappa shape index (κ1) is 35.5. The van der Waals surface area contributed by atoms with Crippen molar-refractivity contribution in [1.29, 1.82) is 0 Å². The lowest BCUT2D eigenvalue weighted by Crippen LogP contribution is -2.49. The topological polar surface area (TPSA) is 145 Å². The summed E-state index contributed by atoms with van der Waals surface area (Å²) in [5, 5.41) is 9.46. The number of hydrogen-bond donors (Lipinski definition) is 2. The molecule has 2 aromatic carbocycles. The average Bonchev–Trinajstić information content (AvgIpc) is 3.73. The predicted octanol–water partition coefficient (Wildman–Crippen LogP) is 4.69. The summed E-state index contributed by atoms with van der Waals surface area (Å²) in [5.74, 6) is -0.213. The van der Waals surface area contributed by atoms with E-state index in [1.807, 2.05) is 30.9 Å². The molecule has 4 aliphatic rings. The molecule has 0 spiro atoms. The number of nitrogens with zero attached hydrogens (tertiary/aromatic N) is 7. The summed E-state index contributed by atoms with van der Waals surface area (Å²) >= 11 is 0. The van der Waals surface area contributed by atoms with Gasteiger partial charge in [0, 0.05) is 81.9 Å². The number of hydrogen-bond acceptors (Lipinski definition) is 9. The lowest BCUT2D eigenvalue weighted by molar-refractivity contribution is -0.120. The largest absolute Gasteiger partial charge is 0.489 e. The summed E-state index contributed by atoms with van der Waals surface area (Å²) in [6.45, 7) is 8.90. The van der Waals surface area contributed by atoms with Crippen molar-refractivity contribution in [2.24, 2.45) is 5.92 Å². The van der Waals surface area contributed by atoms with Crippen LogP contribution in [0, 0.1) is 11.7 Å². The van der Waals surface area contributed by atoms with Gasteiger partial charge in [-0.25, -0.2) is 18.7 Å². The molecule has 4 aliphatic heterocycles. The molecule has 3 fully saturated rings. The van der Waals surface area contributed by atoms with E-state index in [0.717, 1.165) is 69.7 Å². The van der Waals surface area contributed by atoms with Crippen LogP contribution in [0.25, 0.3) is 5.65 Å². The number of aromatic nitrogens is 3. The van der Waals surface area contributed by atoms with E-state index in [-0.39, 0.29) is 48.5 Å². The van der Waals surface area contributed by atoms with Gasteiger partial charge in [0.05, 0.1) is 23.7 Å². The van der Waals surface area contributed by atoms with Crippen molar-refractivity contribution in [3.05, 3.63) is 77.5 Å². The molecule has 2 N–H and O–H groups in total. The number of urea groups is 1. The molecule has 15 heteroatoms. The van der Waals surface area contributed by atoms with Crippen molar-refractivity contribution >= 4 is 46.5 Å². The molecule has 4 aromatic rings. The second-order valence-electron chi connectivity index (χ2n) is 14.9. The van der Waals surface area contributed by atoms with E-state index < -0.39 is 11.8 Å². The van der Waals surface area contributed by atoms with E-state index in [9.17, 15) is 19.2 Å². The van der Waals surface area contributed by atoms with Crippen molar-refractivity contribution in [2.45, 2.75) is 64.6 Å². The molecule has 2 aromatic heterocycles. The Balaban J connectivity index is 0.847. The summed E-state index contributed by atoms with van der Waals surface area (Å²) in [5.41, 5.74) is 3.74. The molecule has 0 radical (unpaired) electrons. The molecule has 6 heterocycles. The van der Waals surface area contributed by atoms with Gasteiger partial charge in [-0.15, -0.1) is 0 Å². The van der Waals surface area contributed by atoms with Crippen molar-refractivity contribution < 1.29 is 28.3 Å². The van der Waals surface area contributed by atoms with E-state index in [1.165, 1.54) is 17.2 Å². The fraction of sp³-hybridized carbons (Fsp3) is 0.436. The van der Waals surface area contributed by atoms with Crippen LogP contribution in [0.3, 0.4) is 0 Å². The Morgan fingerprint density at radius 2 is 1.83 bits per heavy atom. The molecule has 14 nitrogen and oxygen atoms in total. The molecular weight excluding hydrogens is 693 g/mol. The van der Waals surface area contributed by atoms with Crippen LogP contribution in [-0.4, -0.2) is 99.6 Å². The van der Waals surface area contributed by atoms with Gasteiger partial charge in [-0.3, -0.25) is 24.6 Å². The quantitative estimate of drug-likeness (QED) is 0.250. The maximum absolute atomic E-state index is 15.1. The van der Waals surface area contributed by atoms with Gasteiger partial charge in [0.15, 0.2) is 5.65 Å². The fourth-order valence-electron chi connectivity index (χ4n) is 8.14. The number of carbonyl (C=O) groups is 4. The zero-order chi connectivity index (χ0) is 37.5. The van der Waals surface area contributed by atoms with Gasteiger partial charge in [-0.2, -0.15) is 5.10 Å². The Kier molecular flexibility index (Phi) is 9.65. The Morgan fingerprint density at radius 1 is 1.04 bits per heavy atom. The highest BCUT2D eigenvalue weighted by molar-refractivity contribution is 6.09. The van der Waals surface area contributed by atoms with Crippen LogP contribution in [0.15, 0.2) is 55.0 Å². The van der Waals surface area contributed by atoms with Gasteiger partial charge in [0.2, 0.25) is 5.91 Å². The van der Waals surface area contributed by atoms with Crippen molar-refractivity contribution in [3.63, 3.8) is 0 Å². The first-order chi connectivity index (χ1) is 26.1. The van der Waals surface area contributed by atoms with Crippen LogP contribution in [0.4, 0.5) is 26.2 Å². The first-order valence-corrected chi connectivity index (χ1v) is 18.7. The summed E-state index contributed by atoms with van der Waals surface area (Å²) < 4.78 is 22.8. The van der Waals surface area contributed by atoms with Crippen molar-refractivity contribution in [1.82, 2.24) is 29.7 Å². The number of imide groups is 1. The van der Waals surface area contributed by atoms with Crippen LogP contribution in [-0.2, 0) is 11.3 Å². The molecule has 5 amide bonds. The molecule has 0 aliphatic carbocycles. The Bertz CT molecular complexity index is 2100. The molecule has 0 bridgehead atoms. The van der Waals surface area contributed by atoms with Gasteiger partial charge in [0.1, 0.15) is 17.1 Å². The second kappa shape index (κ2) is 14.7. The highest BCUT2D eigenvalue weighted by atomic mass is 19.1. The summed E-state index contributed by atoms with van der Waals surface area (Å²) in [6.07, 6.45) is 8.57. The third-order valence-electron chi connectivity index (χ3n) is 10.9. The molecule has 0 atom stereocenters. The van der Waals surface area contributed by atoms with E-state index in [2.05, 4.69) is 30.5 Å². The number of rotatable bonds is 9. The Labute approximate surface area is 312 Å². The van der Waals surface area contributed by atoms with Crippen molar-refractivity contribution in [2.75, 3.05) is 54.4 Å². The minimum atomic E-state index is -0.596.